The minimum absolute atomic E-state index is 0.0833. The summed E-state index contributed by atoms with van der Waals surface area (Å²) >= 11 is -7.20. The fourth-order valence-corrected chi connectivity index (χ4v) is 16.8. The Morgan fingerprint density at radius 1 is 0.519 bits per heavy atom. The molecule has 3 aromatic rings. The van der Waals surface area contributed by atoms with E-state index in [1.54, 1.807) is 54.6 Å². The molecule has 0 amide bonds. The van der Waals surface area contributed by atoms with Gasteiger partial charge in [-0.05, 0) is 0 Å². The van der Waals surface area contributed by atoms with Crippen LogP contribution < -0.4 is 24.0 Å². The van der Waals surface area contributed by atoms with E-state index in [1.807, 2.05) is 0 Å². The van der Waals surface area contributed by atoms with Gasteiger partial charge in [-0.2, -0.15) is 0 Å². The molecule has 27 heavy (non-hydrogen) atoms. The molecule has 6 heteroatoms. The average Bonchev–Trinajstić information content (AvgIpc) is 2.73. The van der Waals surface area contributed by atoms with Gasteiger partial charge in [0.25, 0.3) is 0 Å². The summed E-state index contributed by atoms with van der Waals surface area (Å²) in [4.78, 5) is 0. The van der Waals surface area contributed by atoms with Crippen LogP contribution in [0.1, 0.15) is 0 Å². The van der Waals surface area contributed by atoms with E-state index in [-0.39, 0.29) is 27.1 Å². The van der Waals surface area contributed by atoms with Gasteiger partial charge in [0.15, 0.2) is 0 Å². The van der Waals surface area contributed by atoms with Crippen molar-refractivity contribution in [2.45, 2.75) is 0 Å². The molecule has 0 unspecified atom stereocenters. The van der Waals surface area contributed by atoms with Gasteiger partial charge in [-0.1, -0.05) is 0 Å². The first-order valence-electron chi connectivity index (χ1n) is 8.33. The van der Waals surface area contributed by atoms with Crippen molar-refractivity contribution in [2.24, 2.45) is 0 Å². The molecule has 0 aliphatic rings. The van der Waals surface area contributed by atoms with Crippen molar-refractivity contribution in [1.82, 2.24) is 0 Å². The van der Waals surface area contributed by atoms with Gasteiger partial charge in [-0.25, -0.2) is 0 Å². The predicted molar refractivity (Wildman–Crippen MR) is 106 cm³/mol. The number of para-hydroxylation sites is 3. The zero-order valence-corrected chi connectivity index (χ0v) is 18.8. The molecule has 0 atom stereocenters. The molecule has 3 rings (SSSR count). The maximum atomic E-state index is 17.3. The van der Waals surface area contributed by atoms with Crippen LogP contribution in [-0.2, 0) is 0 Å². The summed E-state index contributed by atoms with van der Waals surface area (Å²) in [7, 11) is 4.21. The predicted octanol–water partition coefficient (Wildman–Crippen LogP) is 3.07. The van der Waals surface area contributed by atoms with E-state index >= 15 is 5.25 Å². The SMILES string of the molecule is COc1cccc[c]1[Bi]([F])([F])([c]1ccccc1OC)[c]1ccccc1OC. The first-order chi connectivity index (χ1) is 13.0. The quantitative estimate of drug-likeness (QED) is 0.429. The van der Waals surface area contributed by atoms with Crippen LogP contribution in [0, 0.1) is 0 Å². The summed E-state index contributed by atoms with van der Waals surface area (Å²) in [6.45, 7) is 0. The van der Waals surface area contributed by atoms with Crippen LogP contribution in [-0.4, -0.2) is 41.3 Å². The molecule has 0 heterocycles. The van der Waals surface area contributed by atoms with Gasteiger partial charge in [0.05, 0.1) is 0 Å². The van der Waals surface area contributed by atoms with Crippen LogP contribution in [0.5, 0.6) is 17.2 Å². The fourth-order valence-electron chi connectivity index (χ4n) is 3.25. The third-order valence-electron chi connectivity index (χ3n) is 4.52. The molecule has 0 N–H and O–H groups in total. The van der Waals surface area contributed by atoms with E-state index in [0.717, 1.165) is 0 Å². The van der Waals surface area contributed by atoms with Crippen LogP contribution in [0.2, 0.25) is 0 Å². The zero-order chi connectivity index (χ0) is 19.5. The second-order valence-electron chi connectivity index (χ2n) is 5.92. The normalized spacial score (nSPS) is 12.7. The Hall–Kier alpha value is -2.20. The van der Waals surface area contributed by atoms with E-state index in [4.69, 9.17) is 14.2 Å². The topological polar surface area (TPSA) is 27.7 Å². The molecule has 3 nitrogen and oxygen atoms in total. The molecule has 0 aliphatic carbocycles. The minimum atomic E-state index is -7.20. The number of benzene rings is 3. The molecule has 3 aromatic carbocycles. The van der Waals surface area contributed by atoms with Crippen LogP contribution in [0.25, 0.3) is 0 Å². The summed E-state index contributed by atoms with van der Waals surface area (Å²) in [5, 5.41) is 0. The van der Waals surface area contributed by atoms with Gasteiger partial charge in [-0.3, -0.25) is 0 Å². The van der Waals surface area contributed by atoms with E-state index in [0.29, 0.717) is 0 Å². The van der Waals surface area contributed by atoms with E-state index in [9.17, 15) is 0 Å². The number of hydrogen-bond donors (Lipinski definition) is 0. The summed E-state index contributed by atoms with van der Waals surface area (Å²) < 4.78 is 50.4. The van der Waals surface area contributed by atoms with Gasteiger partial charge in [0.1, 0.15) is 0 Å². The molecule has 0 bridgehead atoms. The molecule has 142 valence electrons. The number of methoxy groups -OCH3 is 3. The monoisotopic (exact) mass is 568 g/mol. The maximum absolute atomic E-state index is 17.3. The van der Waals surface area contributed by atoms with Crippen LogP contribution >= 0.6 is 0 Å². The van der Waals surface area contributed by atoms with E-state index < -0.39 is 20.0 Å². The van der Waals surface area contributed by atoms with Gasteiger partial charge >= 0.3 is 161 Å². The van der Waals surface area contributed by atoms with Crippen molar-refractivity contribution in [1.29, 1.82) is 0 Å². The summed E-state index contributed by atoms with van der Waals surface area (Å²) in [6.07, 6.45) is 0. The van der Waals surface area contributed by atoms with Crippen molar-refractivity contribution < 1.29 is 19.5 Å². The summed E-state index contributed by atoms with van der Waals surface area (Å²) in [5.41, 5.74) is 0. The van der Waals surface area contributed by atoms with E-state index in [1.165, 1.54) is 39.5 Å². The Labute approximate surface area is 160 Å². The summed E-state index contributed by atoms with van der Waals surface area (Å²) in [6, 6.07) is 18.9. The third kappa shape index (κ3) is 3.06. The Morgan fingerprint density at radius 3 is 1.04 bits per heavy atom. The Kier molecular flexibility index (Phi) is 5.39. The molecule has 0 saturated carbocycles. The second kappa shape index (κ2) is 7.43. The molecule has 0 saturated heterocycles. The summed E-state index contributed by atoms with van der Waals surface area (Å²) in [5.74, 6) is 0.478. The van der Waals surface area contributed by atoms with Crippen molar-refractivity contribution >= 4 is 29.8 Å². The number of hydrogen-bond acceptors (Lipinski definition) is 3. The fraction of sp³-hybridized carbons (Fsp3) is 0.143. The molecule has 0 aliphatic heterocycles. The molecular formula is C21H21BiF2O3. The van der Waals surface area contributed by atoms with Crippen LogP contribution in [0.3, 0.4) is 0 Å². The first kappa shape index (κ1) is 19.6. The molecular weight excluding hydrogens is 547 g/mol. The number of halogens is 2. The van der Waals surface area contributed by atoms with Crippen LogP contribution in [0.4, 0.5) is 5.25 Å². The van der Waals surface area contributed by atoms with Gasteiger partial charge in [0, 0.05) is 0 Å². The Balaban J connectivity index is 2.51. The van der Waals surface area contributed by atoms with E-state index in [2.05, 4.69) is 0 Å². The van der Waals surface area contributed by atoms with Crippen LogP contribution in [0.15, 0.2) is 72.8 Å². The Morgan fingerprint density at radius 2 is 0.778 bits per heavy atom. The van der Waals surface area contributed by atoms with Crippen molar-refractivity contribution in [2.75, 3.05) is 21.3 Å². The molecule has 0 aromatic heterocycles. The number of rotatable bonds is 6. The first-order valence-corrected chi connectivity index (χ1v) is 16.2. The molecule has 0 radical (unpaired) electrons. The molecule has 0 fully saturated rings. The van der Waals surface area contributed by atoms with Crippen molar-refractivity contribution in [3.8, 4) is 17.2 Å². The van der Waals surface area contributed by atoms with Gasteiger partial charge < -0.3 is 0 Å². The van der Waals surface area contributed by atoms with Gasteiger partial charge in [-0.15, -0.1) is 0 Å². The second-order valence-corrected chi connectivity index (χ2v) is 18.6. The van der Waals surface area contributed by atoms with Gasteiger partial charge in [0.2, 0.25) is 0 Å². The Bertz CT molecular complexity index is 837. The van der Waals surface area contributed by atoms with Crippen molar-refractivity contribution in [3.63, 3.8) is 0 Å². The third-order valence-corrected chi connectivity index (χ3v) is 18.7. The van der Waals surface area contributed by atoms with Crippen molar-refractivity contribution in [3.05, 3.63) is 72.8 Å². The zero-order valence-electron chi connectivity index (χ0n) is 15.4. The molecule has 0 spiro atoms. The standard InChI is InChI=1S/3C7H7O.Bi.2FH/c3*1-8-7-5-3-2-4-6-7;;;/h3*2-5H,1H3;;2*1H/q;;;+2;;/p-2. The number of ether oxygens (including phenoxy) is 3. The average molecular weight is 568 g/mol.